The SMILES string of the molecule is O=C1NCCCn2nc(C(F)(F)F)cc21. The highest BCUT2D eigenvalue weighted by atomic mass is 19.4. The Labute approximate surface area is 83.1 Å². The molecule has 4 nitrogen and oxygen atoms in total. The van der Waals surface area contributed by atoms with E-state index in [1.54, 1.807) is 0 Å². The first-order valence-electron chi connectivity index (χ1n) is 4.42. The highest BCUT2D eigenvalue weighted by Gasteiger charge is 2.36. The average molecular weight is 219 g/mol. The van der Waals surface area contributed by atoms with Gasteiger partial charge in [0.25, 0.3) is 5.91 Å². The fraction of sp³-hybridized carbons (Fsp3) is 0.500. The Morgan fingerprint density at radius 2 is 2.20 bits per heavy atom. The van der Waals surface area contributed by atoms with Crippen LogP contribution in [0.4, 0.5) is 13.2 Å². The van der Waals surface area contributed by atoms with Crippen molar-refractivity contribution in [1.82, 2.24) is 15.1 Å². The first kappa shape index (κ1) is 10.0. The molecule has 1 N–H and O–H groups in total. The Morgan fingerprint density at radius 3 is 2.87 bits per heavy atom. The normalized spacial score (nSPS) is 16.9. The molecule has 1 aromatic heterocycles. The van der Waals surface area contributed by atoms with Crippen molar-refractivity contribution in [2.75, 3.05) is 6.54 Å². The average Bonchev–Trinajstić information content (AvgIpc) is 2.49. The predicted molar refractivity (Wildman–Crippen MR) is 44.2 cm³/mol. The number of carbonyl (C=O) groups is 1. The van der Waals surface area contributed by atoms with Gasteiger partial charge in [-0.3, -0.25) is 9.48 Å². The fourth-order valence-electron chi connectivity index (χ4n) is 1.43. The molecule has 2 heterocycles. The van der Waals surface area contributed by atoms with E-state index in [4.69, 9.17) is 0 Å². The smallest absolute Gasteiger partial charge is 0.351 e. The van der Waals surface area contributed by atoms with Gasteiger partial charge in [-0.2, -0.15) is 18.3 Å². The number of carbonyl (C=O) groups excluding carboxylic acids is 1. The first-order chi connectivity index (χ1) is 6.98. The van der Waals surface area contributed by atoms with E-state index >= 15 is 0 Å². The van der Waals surface area contributed by atoms with Gasteiger partial charge in [-0.1, -0.05) is 0 Å². The lowest BCUT2D eigenvalue weighted by Crippen LogP contribution is -2.22. The van der Waals surface area contributed by atoms with Gasteiger partial charge in [-0.25, -0.2) is 0 Å². The number of halogens is 3. The van der Waals surface area contributed by atoms with Crippen LogP contribution in [-0.2, 0) is 12.7 Å². The van der Waals surface area contributed by atoms with Gasteiger partial charge in [0, 0.05) is 19.2 Å². The van der Waals surface area contributed by atoms with Crippen LogP contribution in [0.2, 0.25) is 0 Å². The maximum absolute atomic E-state index is 12.3. The Kier molecular flexibility index (Phi) is 2.17. The molecule has 1 aliphatic rings. The minimum absolute atomic E-state index is 0.0279. The molecule has 7 heteroatoms. The number of fused-ring (bicyclic) bond motifs is 1. The Bertz CT molecular complexity index is 396. The lowest BCUT2D eigenvalue weighted by molar-refractivity contribution is -0.141. The predicted octanol–water partition coefficient (Wildman–Crippen LogP) is 1.04. The summed E-state index contributed by atoms with van der Waals surface area (Å²) in [6, 6.07) is 0.778. The molecule has 2 rings (SSSR count). The maximum Gasteiger partial charge on any atom is 0.435 e. The Morgan fingerprint density at radius 1 is 1.47 bits per heavy atom. The molecule has 0 aliphatic carbocycles. The number of amides is 1. The minimum atomic E-state index is -4.50. The van der Waals surface area contributed by atoms with Crippen molar-refractivity contribution in [2.24, 2.45) is 0 Å². The number of nitrogens with zero attached hydrogens (tertiary/aromatic N) is 2. The monoisotopic (exact) mass is 219 g/mol. The summed E-state index contributed by atoms with van der Waals surface area (Å²) in [5.41, 5.74) is -1.05. The molecule has 0 aromatic carbocycles. The van der Waals surface area contributed by atoms with Crippen LogP contribution in [0, 0.1) is 0 Å². The van der Waals surface area contributed by atoms with Gasteiger partial charge in [-0.15, -0.1) is 0 Å². The molecule has 0 saturated heterocycles. The largest absolute Gasteiger partial charge is 0.435 e. The first-order valence-corrected chi connectivity index (χ1v) is 4.42. The third-order valence-corrected chi connectivity index (χ3v) is 2.14. The minimum Gasteiger partial charge on any atom is -0.351 e. The summed E-state index contributed by atoms with van der Waals surface area (Å²) in [7, 11) is 0. The van der Waals surface area contributed by atoms with Gasteiger partial charge < -0.3 is 5.32 Å². The standard InChI is InChI=1S/C8H8F3N3O/c9-8(10,11)6-4-5-7(15)12-2-1-3-14(5)13-6/h4H,1-3H2,(H,12,15). The second-order valence-electron chi connectivity index (χ2n) is 3.25. The summed E-state index contributed by atoms with van der Waals surface area (Å²) in [6.07, 6.45) is -3.92. The van der Waals surface area contributed by atoms with Crippen LogP contribution in [0.25, 0.3) is 0 Å². The zero-order valence-corrected chi connectivity index (χ0v) is 7.64. The highest BCUT2D eigenvalue weighted by molar-refractivity contribution is 5.92. The van der Waals surface area contributed by atoms with E-state index in [2.05, 4.69) is 10.4 Å². The third kappa shape index (κ3) is 1.81. The van der Waals surface area contributed by atoms with Crippen LogP contribution in [-0.4, -0.2) is 22.2 Å². The van der Waals surface area contributed by atoms with E-state index in [9.17, 15) is 18.0 Å². The molecule has 0 unspecified atom stereocenters. The van der Waals surface area contributed by atoms with Crippen molar-refractivity contribution in [3.8, 4) is 0 Å². The van der Waals surface area contributed by atoms with Gasteiger partial charge in [0.15, 0.2) is 5.69 Å². The van der Waals surface area contributed by atoms with Crippen LogP contribution in [0.5, 0.6) is 0 Å². The molecule has 0 radical (unpaired) electrons. The van der Waals surface area contributed by atoms with Crippen molar-refractivity contribution in [1.29, 1.82) is 0 Å². The summed E-state index contributed by atoms with van der Waals surface area (Å²) >= 11 is 0. The molecule has 0 bridgehead atoms. The lowest BCUT2D eigenvalue weighted by atomic mass is 10.3. The summed E-state index contributed by atoms with van der Waals surface area (Å²) < 4.78 is 38.0. The highest BCUT2D eigenvalue weighted by Crippen LogP contribution is 2.28. The topological polar surface area (TPSA) is 46.9 Å². The second-order valence-corrected chi connectivity index (χ2v) is 3.25. The fourth-order valence-corrected chi connectivity index (χ4v) is 1.43. The summed E-state index contributed by atoms with van der Waals surface area (Å²) in [5, 5.41) is 5.86. The van der Waals surface area contributed by atoms with Crippen LogP contribution >= 0.6 is 0 Å². The van der Waals surface area contributed by atoms with Gasteiger partial charge in [-0.05, 0) is 6.42 Å². The van der Waals surface area contributed by atoms with Crippen LogP contribution in [0.3, 0.4) is 0 Å². The van der Waals surface area contributed by atoms with Gasteiger partial charge >= 0.3 is 6.18 Å². The molecule has 82 valence electrons. The molecular weight excluding hydrogens is 211 g/mol. The second kappa shape index (κ2) is 3.25. The van der Waals surface area contributed by atoms with Crippen molar-refractivity contribution in [3.63, 3.8) is 0 Å². The molecule has 1 aromatic rings. The molecular formula is C8H8F3N3O. The van der Waals surface area contributed by atoms with Crippen molar-refractivity contribution >= 4 is 5.91 Å². The zero-order chi connectivity index (χ0) is 11.1. The quantitative estimate of drug-likeness (QED) is 0.708. The van der Waals surface area contributed by atoms with E-state index in [0.29, 0.717) is 19.5 Å². The summed E-state index contributed by atoms with van der Waals surface area (Å²) in [6.45, 7) is 0.785. The van der Waals surface area contributed by atoms with E-state index in [1.165, 1.54) is 0 Å². The van der Waals surface area contributed by atoms with Crippen LogP contribution < -0.4 is 5.32 Å². The zero-order valence-electron chi connectivity index (χ0n) is 7.64. The molecule has 0 atom stereocenters. The van der Waals surface area contributed by atoms with E-state index in [0.717, 1.165) is 10.7 Å². The Balaban J connectivity index is 2.42. The van der Waals surface area contributed by atoms with Gasteiger partial charge in [0.1, 0.15) is 5.69 Å². The lowest BCUT2D eigenvalue weighted by Gasteiger charge is -2.01. The Hall–Kier alpha value is -1.53. The van der Waals surface area contributed by atoms with Gasteiger partial charge in [0.05, 0.1) is 0 Å². The van der Waals surface area contributed by atoms with Gasteiger partial charge in [0.2, 0.25) is 0 Å². The number of alkyl halides is 3. The van der Waals surface area contributed by atoms with E-state index in [1.807, 2.05) is 0 Å². The molecule has 0 spiro atoms. The van der Waals surface area contributed by atoms with E-state index < -0.39 is 17.8 Å². The number of aryl methyl sites for hydroxylation is 1. The number of rotatable bonds is 0. The van der Waals surface area contributed by atoms with Crippen LogP contribution in [0.1, 0.15) is 22.6 Å². The molecule has 15 heavy (non-hydrogen) atoms. The molecule has 1 aliphatic heterocycles. The van der Waals surface area contributed by atoms with Crippen molar-refractivity contribution in [3.05, 3.63) is 17.5 Å². The molecule has 1 amide bonds. The molecule has 0 saturated carbocycles. The van der Waals surface area contributed by atoms with Crippen molar-refractivity contribution in [2.45, 2.75) is 19.1 Å². The third-order valence-electron chi connectivity index (χ3n) is 2.14. The summed E-state index contributed by atoms with van der Waals surface area (Å²) in [4.78, 5) is 11.3. The maximum atomic E-state index is 12.3. The van der Waals surface area contributed by atoms with Crippen LogP contribution in [0.15, 0.2) is 6.07 Å². The molecule has 0 fully saturated rings. The van der Waals surface area contributed by atoms with Crippen molar-refractivity contribution < 1.29 is 18.0 Å². The number of aromatic nitrogens is 2. The number of hydrogen-bond acceptors (Lipinski definition) is 2. The summed E-state index contributed by atoms with van der Waals surface area (Å²) in [5.74, 6) is -0.504. The van der Waals surface area contributed by atoms with E-state index in [-0.39, 0.29) is 5.69 Å². The number of nitrogens with one attached hydrogen (secondary N) is 1. The number of hydrogen-bond donors (Lipinski definition) is 1.